The van der Waals surface area contributed by atoms with Gasteiger partial charge in [-0.3, -0.25) is 4.68 Å². The fraction of sp³-hybridized carbons (Fsp3) is 0.667. The molecular weight excluding hydrogens is 146 g/mol. The van der Waals surface area contributed by atoms with Crippen LogP contribution in [0.4, 0.5) is 0 Å². The van der Waals surface area contributed by atoms with Gasteiger partial charge in [-0.1, -0.05) is 5.21 Å². The molecule has 10 heavy (non-hydrogen) atoms. The number of nitrogens with zero attached hydrogens (tertiary/aromatic N) is 3. The molecule has 0 fully saturated rings. The molecule has 4 heteroatoms. The zero-order valence-corrected chi connectivity index (χ0v) is 6.69. The smallest absolute Gasteiger partial charge is 0.142 e. The van der Waals surface area contributed by atoms with E-state index in [-0.39, 0.29) is 0 Å². The topological polar surface area (TPSA) is 30.7 Å². The molecule has 0 amide bonds. The SMILES string of the molecule is Cn1nnc2c1CCCS2. The second-order valence-electron chi connectivity index (χ2n) is 2.42. The highest BCUT2D eigenvalue weighted by atomic mass is 32.2. The highest BCUT2D eigenvalue weighted by Crippen LogP contribution is 2.26. The van der Waals surface area contributed by atoms with E-state index in [1.807, 2.05) is 23.5 Å². The Kier molecular flexibility index (Phi) is 1.41. The quantitative estimate of drug-likeness (QED) is 0.556. The van der Waals surface area contributed by atoms with Crippen molar-refractivity contribution in [2.24, 2.45) is 7.05 Å². The summed E-state index contributed by atoms with van der Waals surface area (Å²) in [5, 5.41) is 9.11. The predicted octanol–water partition coefficient (Wildman–Crippen LogP) is 0.853. The molecule has 2 rings (SSSR count). The molecule has 1 aromatic heterocycles. The maximum Gasteiger partial charge on any atom is 0.142 e. The van der Waals surface area contributed by atoms with Crippen molar-refractivity contribution in [2.45, 2.75) is 17.9 Å². The maximum atomic E-state index is 4.03. The second-order valence-corrected chi connectivity index (χ2v) is 3.50. The summed E-state index contributed by atoms with van der Waals surface area (Å²) in [6, 6.07) is 0. The third-order valence-corrected chi connectivity index (χ3v) is 2.79. The fourth-order valence-electron chi connectivity index (χ4n) is 1.15. The maximum absolute atomic E-state index is 4.03. The molecule has 0 saturated carbocycles. The minimum absolute atomic E-state index is 1.13. The van der Waals surface area contributed by atoms with Crippen LogP contribution in [-0.4, -0.2) is 20.7 Å². The summed E-state index contributed by atoms with van der Waals surface area (Å²) in [7, 11) is 1.96. The molecule has 0 N–H and O–H groups in total. The number of fused-ring (bicyclic) bond motifs is 1. The van der Waals surface area contributed by atoms with Gasteiger partial charge in [0.05, 0.1) is 5.69 Å². The lowest BCUT2D eigenvalue weighted by Crippen LogP contribution is -2.03. The summed E-state index contributed by atoms with van der Waals surface area (Å²) in [5.74, 6) is 1.20. The Morgan fingerprint density at radius 1 is 1.60 bits per heavy atom. The van der Waals surface area contributed by atoms with Crippen molar-refractivity contribution >= 4 is 11.8 Å². The first kappa shape index (κ1) is 6.22. The van der Waals surface area contributed by atoms with Gasteiger partial charge in [0.1, 0.15) is 5.03 Å². The Balaban J connectivity index is 2.45. The molecule has 1 aliphatic rings. The average molecular weight is 155 g/mol. The van der Waals surface area contributed by atoms with Crippen LogP contribution < -0.4 is 0 Å². The lowest BCUT2D eigenvalue weighted by Gasteiger charge is -2.08. The molecule has 3 nitrogen and oxygen atoms in total. The molecular formula is C6H9N3S. The van der Waals surface area contributed by atoms with Crippen LogP contribution in [-0.2, 0) is 13.5 Å². The molecule has 0 aliphatic carbocycles. The number of hydrogen-bond acceptors (Lipinski definition) is 3. The number of hydrogen-bond donors (Lipinski definition) is 0. The number of aromatic nitrogens is 3. The van der Waals surface area contributed by atoms with Crippen molar-refractivity contribution in [3.05, 3.63) is 5.69 Å². The molecule has 0 saturated heterocycles. The van der Waals surface area contributed by atoms with Crippen molar-refractivity contribution < 1.29 is 0 Å². The van der Waals surface area contributed by atoms with Crippen LogP contribution in [0.2, 0.25) is 0 Å². The lowest BCUT2D eigenvalue weighted by molar-refractivity contribution is 0.669. The van der Waals surface area contributed by atoms with E-state index in [9.17, 15) is 0 Å². The van der Waals surface area contributed by atoms with E-state index >= 15 is 0 Å². The van der Waals surface area contributed by atoms with Gasteiger partial charge < -0.3 is 0 Å². The van der Waals surface area contributed by atoms with Gasteiger partial charge in [-0.05, 0) is 18.6 Å². The molecule has 2 heterocycles. The molecule has 0 aromatic carbocycles. The van der Waals surface area contributed by atoms with Gasteiger partial charge in [0.25, 0.3) is 0 Å². The highest BCUT2D eigenvalue weighted by molar-refractivity contribution is 7.99. The van der Waals surface area contributed by atoms with Crippen LogP contribution in [0, 0.1) is 0 Å². The largest absolute Gasteiger partial charge is 0.251 e. The van der Waals surface area contributed by atoms with Gasteiger partial charge in [-0.2, -0.15) is 0 Å². The molecule has 0 bridgehead atoms. The van der Waals surface area contributed by atoms with E-state index in [4.69, 9.17) is 0 Å². The summed E-state index contributed by atoms with van der Waals surface area (Å²) in [6.45, 7) is 0. The van der Waals surface area contributed by atoms with Crippen LogP contribution in [0.1, 0.15) is 12.1 Å². The van der Waals surface area contributed by atoms with Gasteiger partial charge in [0.15, 0.2) is 0 Å². The zero-order chi connectivity index (χ0) is 6.97. The molecule has 1 aromatic rings. The normalized spacial score (nSPS) is 16.9. The molecule has 0 atom stereocenters. The third-order valence-electron chi connectivity index (χ3n) is 1.70. The van der Waals surface area contributed by atoms with Crippen LogP contribution >= 0.6 is 11.8 Å². The second kappa shape index (κ2) is 2.27. The first-order chi connectivity index (χ1) is 4.88. The van der Waals surface area contributed by atoms with Crippen molar-refractivity contribution in [3.63, 3.8) is 0 Å². The number of aryl methyl sites for hydroxylation is 1. The third kappa shape index (κ3) is 0.831. The summed E-state index contributed by atoms with van der Waals surface area (Å²) >= 11 is 1.82. The molecule has 0 unspecified atom stereocenters. The van der Waals surface area contributed by atoms with Crippen molar-refractivity contribution in [2.75, 3.05) is 5.75 Å². The summed E-state index contributed by atoms with van der Waals surface area (Å²) in [5.41, 5.74) is 1.30. The predicted molar refractivity (Wildman–Crippen MR) is 40.0 cm³/mol. The van der Waals surface area contributed by atoms with Crippen LogP contribution in [0.25, 0.3) is 0 Å². The molecule has 1 aliphatic heterocycles. The van der Waals surface area contributed by atoms with Gasteiger partial charge in [-0.15, -0.1) is 16.9 Å². The van der Waals surface area contributed by atoms with E-state index in [0.717, 1.165) is 11.4 Å². The Labute approximate surface area is 63.8 Å². The Hall–Kier alpha value is -0.510. The molecule has 54 valence electrons. The van der Waals surface area contributed by atoms with Crippen LogP contribution in [0.5, 0.6) is 0 Å². The van der Waals surface area contributed by atoms with Gasteiger partial charge >= 0.3 is 0 Å². The summed E-state index contributed by atoms with van der Waals surface area (Å²) < 4.78 is 1.88. The minimum Gasteiger partial charge on any atom is -0.251 e. The van der Waals surface area contributed by atoms with E-state index in [1.165, 1.54) is 17.9 Å². The van der Waals surface area contributed by atoms with Crippen molar-refractivity contribution in [1.82, 2.24) is 15.0 Å². The van der Waals surface area contributed by atoms with Crippen molar-refractivity contribution in [3.8, 4) is 0 Å². The number of thioether (sulfide) groups is 1. The minimum atomic E-state index is 1.13. The Bertz CT molecular complexity index is 243. The highest BCUT2D eigenvalue weighted by Gasteiger charge is 2.14. The van der Waals surface area contributed by atoms with Crippen LogP contribution in [0.3, 0.4) is 0 Å². The van der Waals surface area contributed by atoms with Crippen LogP contribution in [0.15, 0.2) is 5.03 Å². The standard InChI is InChI=1S/C6H9N3S/c1-9-5-3-2-4-10-6(5)7-8-9/h2-4H2,1H3. The lowest BCUT2D eigenvalue weighted by atomic mass is 10.2. The van der Waals surface area contributed by atoms with Gasteiger partial charge in [0, 0.05) is 7.05 Å². The van der Waals surface area contributed by atoms with Gasteiger partial charge in [0.2, 0.25) is 0 Å². The molecule has 0 radical (unpaired) electrons. The van der Waals surface area contributed by atoms with Gasteiger partial charge in [-0.25, -0.2) is 0 Å². The molecule has 0 spiro atoms. The fourth-order valence-corrected chi connectivity index (χ4v) is 2.12. The first-order valence-corrected chi connectivity index (χ1v) is 4.38. The first-order valence-electron chi connectivity index (χ1n) is 3.39. The van der Waals surface area contributed by atoms with E-state index < -0.39 is 0 Å². The number of rotatable bonds is 0. The monoisotopic (exact) mass is 155 g/mol. The average Bonchev–Trinajstić information content (AvgIpc) is 2.34. The van der Waals surface area contributed by atoms with E-state index in [2.05, 4.69) is 10.3 Å². The van der Waals surface area contributed by atoms with E-state index in [1.54, 1.807) is 0 Å². The van der Waals surface area contributed by atoms with E-state index in [0.29, 0.717) is 0 Å². The van der Waals surface area contributed by atoms with Crippen molar-refractivity contribution in [1.29, 1.82) is 0 Å². The Morgan fingerprint density at radius 3 is 3.30 bits per heavy atom. The Morgan fingerprint density at radius 2 is 2.50 bits per heavy atom. The zero-order valence-electron chi connectivity index (χ0n) is 5.87. The summed E-state index contributed by atoms with van der Waals surface area (Å²) in [4.78, 5) is 0. The summed E-state index contributed by atoms with van der Waals surface area (Å²) in [6.07, 6.45) is 2.41.